The van der Waals surface area contributed by atoms with Crippen LogP contribution < -0.4 is 5.32 Å². The van der Waals surface area contributed by atoms with Crippen molar-refractivity contribution in [3.8, 4) is 0 Å². The second kappa shape index (κ2) is 7.80. The third kappa shape index (κ3) is 4.16. The van der Waals surface area contributed by atoms with Gasteiger partial charge in [0.1, 0.15) is 0 Å². The van der Waals surface area contributed by atoms with E-state index in [0.717, 1.165) is 16.8 Å². The van der Waals surface area contributed by atoms with Crippen molar-refractivity contribution in [2.45, 2.75) is 26.3 Å². The van der Waals surface area contributed by atoms with Gasteiger partial charge < -0.3 is 5.32 Å². The van der Waals surface area contributed by atoms with E-state index in [9.17, 15) is 4.79 Å². The molecule has 0 heterocycles. The lowest BCUT2D eigenvalue weighted by Crippen LogP contribution is -2.16. The summed E-state index contributed by atoms with van der Waals surface area (Å²) in [6.07, 6.45) is 0.418. The Morgan fingerprint density at radius 2 is 1.48 bits per heavy atom. The molecule has 0 aliphatic carbocycles. The summed E-state index contributed by atoms with van der Waals surface area (Å²) in [6, 6.07) is 25.8. The molecule has 0 aliphatic heterocycles. The van der Waals surface area contributed by atoms with Crippen molar-refractivity contribution in [1.29, 1.82) is 0 Å². The van der Waals surface area contributed by atoms with Crippen LogP contribution in [0.15, 0.2) is 78.9 Å². The van der Waals surface area contributed by atoms with Gasteiger partial charge in [0.25, 0.3) is 0 Å². The molecular formula is C23H23NO. The molecule has 0 saturated carbocycles. The number of rotatable bonds is 6. The number of hydrogen-bond donors (Lipinski definition) is 1. The van der Waals surface area contributed by atoms with Crippen LogP contribution in [0.25, 0.3) is 0 Å². The number of carbonyl (C=O) groups excluding carboxylic acids is 1. The van der Waals surface area contributed by atoms with E-state index in [1.807, 2.05) is 54.6 Å². The van der Waals surface area contributed by atoms with Crippen molar-refractivity contribution in [1.82, 2.24) is 0 Å². The lowest BCUT2D eigenvalue weighted by atomic mass is 9.97. The molecule has 1 atom stereocenters. The van der Waals surface area contributed by atoms with E-state index in [2.05, 4.69) is 43.4 Å². The van der Waals surface area contributed by atoms with Gasteiger partial charge in [-0.3, -0.25) is 4.79 Å². The first-order valence-electron chi connectivity index (χ1n) is 8.61. The fraction of sp³-hybridized carbons (Fsp3) is 0.174. The Balaban J connectivity index is 1.88. The van der Waals surface area contributed by atoms with Crippen molar-refractivity contribution in [2.24, 2.45) is 0 Å². The molecular weight excluding hydrogens is 306 g/mol. The summed E-state index contributed by atoms with van der Waals surface area (Å²) in [5.74, 6) is 0.146. The number of carbonyl (C=O) groups is 1. The quantitative estimate of drug-likeness (QED) is 0.585. The number of ketones is 1. The largest absolute Gasteiger partial charge is 0.378 e. The number of nitrogens with one attached hydrogen (secondary N) is 1. The molecule has 1 N–H and O–H groups in total. The van der Waals surface area contributed by atoms with Gasteiger partial charge in [-0.15, -0.1) is 0 Å². The minimum atomic E-state index is -0.0607. The highest BCUT2D eigenvalue weighted by Crippen LogP contribution is 2.27. The zero-order valence-corrected chi connectivity index (χ0v) is 14.7. The Labute approximate surface area is 149 Å². The molecule has 25 heavy (non-hydrogen) atoms. The number of Topliss-reactive ketones (excluding diaryl/α,β-unsaturated/α-hetero) is 1. The lowest BCUT2D eigenvalue weighted by molar-refractivity contribution is 0.0976. The van der Waals surface area contributed by atoms with Crippen LogP contribution in [0, 0.1) is 13.8 Å². The Hall–Kier alpha value is -2.87. The lowest BCUT2D eigenvalue weighted by Gasteiger charge is -2.22. The zero-order chi connectivity index (χ0) is 17.6. The highest BCUT2D eigenvalue weighted by molar-refractivity contribution is 5.96. The molecule has 3 aromatic rings. The maximum absolute atomic E-state index is 12.7. The van der Waals surface area contributed by atoms with Crippen LogP contribution in [0.3, 0.4) is 0 Å². The molecule has 0 aliphatic rings. The van der Waals surface area contributed by atoms with Crippen LogP contribution in [0.2, 0.25) is 0 Å². The molecule has 0 aromatic heterocycles. The third-order valence-corrected chi connectivity index (χ3v) is 4.62. The molecule has 1 unspecified atom stereocenters. The standard InChI is InChI=1S/C23H23NO/c1-17-10-9-15-21(18(17)2)24-22(19-11-5-3-6-12-19)16-23(25)20-13-7-4-8-14-20/h3-15,22,24H,16H2,1-2H3. The fourth-order valence-corrected chi connectivity index (χ4v) is 2.96. The highest BCUT2D eigenvalue weighted by Gasteiger charge is 2.18. The molecule has 0 spiro atoms. The van der Waals surface area contributed by atoms with E-state index in [0.29, 0.717) is 6.42 Å². The number of aryl methyl sites for hydroxylation is 1. The molecule has 0 saturated heterocycles. The third-order valence-electron chi connectivity index (χ3n) is 4.62. The van der Waals surface area contributed by atoms with Gasteiger partial charge in [0.05, 0.1) is 6.04 Å². The normalized spacial score (nSPS) is 11.8. The maximum atomic E-state index is 12.7. The van der Waals surface area contributed by atoms with Gasteiger partial charge >= 0.3 is 0 Å². The van der Waals surface area contributed by atoms with Crippen molar-refractivity contribution in [3.63, 3.8) is 0 Å². The molecule has 0 fully saturated rings. The smallest absolute Gasteiger partial charge is 0.165 e. The fourth-order valence-electron chi connectivity index (χ4n) is 2.96. The van der Waals surface area contributed by atoms with E-state index >= 15 is 0 Å². The van der Waals surface area contributed by atoms with Crippen molar-refractivity contribution in [3.05, 3.63) is 101 Å². The van der Waals surface area contributed by atoms with Gasteiger partial charge in [0, 0.05) is 17.7 Å². The molecule has 0 amide bonds. The van der Waals surface area contributed by atoms with Crippen LogP contribution in [-0.2, 0) is 0 Å². The minimum absolute atomic E-state index is 0.0607. The van der Waals surface area contributed by atoms with Crippen molar-refractivity contribution in [2.75, 3.05) is 5.32 Å². The summed E-state index contributed by atoms with van der Waals surface area (Å²) < 4.78 is 0. The summed E-state index contributed by atoms with van der Waals surface area (Å²) in [4.78, 5) is 12.7. The van der Waals surface area contributed by atoms with Crippen LogP contribution in [0.4, 0.5) is 5.69 Å². The van der Waals surface area contributed by atoms with E-state index in [1.165, 1.54) is 11.1 Å². The van der Waals surface area contributed by atoms with Gasteiger partial charge in [0.2, 0.25) is 0 Å². The van der Waals surface area contributed by atoms with Gasteiger partial charge in [-0.25, -0.2) is 0 Å². The Morgan fingerprint density at radius 1 is 0.840 bits per heavy atom. The molecule has 126 valence electrons. The maximum Gasteiger partial charge on any atom is 0.165 e. The second-order valence-corrected chi connectivity index (χ2v) is 6.35. The predicted octanol–water partition coefficient (Wildman–Crippen LogP) is 5.73. The monoisotopic (exact) mass is 329 g/mol. The van der Waals surface area contributed by atoms with Crippen LogP contribution >= 0.6 is 0 Å². The van der Waals surface area contributed by atoms with E-state index < -0.39 is 0 Å². The van der Waals surface area contributed by atoms with E-state index in [1.54, 1.807) is 0 Å². The van der Waals surface area contributed by atoms with E-state index in [4.69, 9.17) is 0 Å². The van der Waals surface area contributed by atoms with Crippen LogP contribution in [-0.4, -0.2) is 5.78 Å². The first-order valence-corrected chi connectivity index (χ1v) is 8.61. The molecule has 2 nitrogen and oxygen atoms in total. The minimum Gasteiger partial charge on any atom is -0.378 e. The molecule has 2 heteroatoms. The Bertz CT molecular complexity index is 840. The first-order chi connectivity index (χ1) is 12.1. The Morgan fingerprint density at radius 3 is 2.16 bits per heavy atom. The summed E-state index contributed by atoms with van der Waals surface area (Å²) in [7, 11) is 0. The van der Waals surface area contributed by atoms with Gasteiger partial charge in [-0.1, -0.05) is 72.8 Å². The average molecular weight is 329 g/mol. The van der Waals surface area contributed by atoms with Crippen molar-refractivity contribution < 1.29 is 4.79 Å². The van der Waals surface area contributed by atoms with E-state index in [-0.39, 0.29) is 11.8 Å². The molecule has 0 bridgehead atoms. The molecule has 3 aromatic carbocycles. The highest BCUT2D eigenvalue weighted by atomic mass is 16.1. The summed E-state index contributed by atoms with van der Waals surface area (Å²) >= 11 is 0. The predicted molar refractivity (Wildman–Crippen MR) is 104 cm³/mol. The summed E-state index contributed by atoms with van der Waals surface area (Å²) in [6.45, 7) is 4.21. The van der Waals surface area contributed by atoms with Gasteiger partial charge in [-0.05, 0) is 36.6 Å². The second-order valence-electron chi connectivity index (χ2n) is 6.35. The van der Waals surface area contributed by atoms with Gasteiger partial charge in [-0.2, -0.15) is 0 Å². The topological polar surface area (TPSA) is 29.1 Å². The molecule has 3 rings (SSSR count). The number of hydrogen-bond acceptors (Lipinski definition) is 2. The van der Waals surface area contributed by atoms with Crippen LogP contribution in [0.1, 0.15) is 39.5 Å². The summed E-state index contributed by atoms with van der Waals surface area (Å²) in [5.41, 5.74) is 5.41. The SMILES string of the molecule is Cc1cccc(NC(CC(=O)c2ccccc2)c2ccccc2)c1C. The summed E-state index contributed by atoms with van der Waals surface area (Å²) in [5, 5.41) is 3.58. The van der Waals surface area contributed by atoms with Crippen molar-refractivity contribution >= 4 is 11.5 Å². The first kappa shape index (κ1) is 17.0. The number of benzene rings is 3. The number of anilines is 1. The average Bonchev–Trinajstić information content (AvgIpc) is 2.66. The molecule has 0 radical (unpaired) electrons. The van der Waals surface area contributed by atoms with Gasteiger partial charge in [0.15, 0.2) is 5.78 Å². The Kier molecular flexibility index (Phi) is 5.30. The zero-order valence-electron chi connectivity index (χ0n) is 14.7. The van der Waals surface area contributed by atoms with Crippen LogP contribution in [0.5, 0.6) is 0 Å².